The van der Waals surface area contributed by atoms with Gasteiger partial charge in [-0.25, -0.2) is 0 Å². The topological polar surface area (TPSA) is 33.0 Å². The molecule has 0 N–H and O–H groups in total. The summed E-state index contributed by atoms with van der Waals surface area (Å²) in [5, 5.41) is 9.41. The number of nitrogens with zero attached hydrogens (tertiary/aromatic N) is 1. The first kappa shape index (κ1) is 12.5. The number of rotatable bonds is 3. The van der Waals surface area contributed by atoms with Crippen molar-refractivity contribution in [1.82, 2.24) is 0 Å². The number of hydrogen-bond acceptors (Lipinski definition) is 2. The third-order valence-electron chi connectivity index (χ3n) is 2.61. The number of benzene rings is 2. The van der Waals surface area contributed by atoms with Crippen LogP contribution in [0, 0.1) is 18.3 Å². The molecule has 0 aliphatic rings. The Hall–Kier alpha value is -1.98. The molecule has 0 spiro atoms. The number of ether oxygens (including phenoxy) is 1. The quantitative estimate of drug-likeness (QED) is 0.829. The smallest absolute Gasteiger partial charge is 0.122 e. The van der Waals surface area contributed by atoms with Gasteiger partial charge in [0.25, 0.3) is 0 Å². The first-order valence-corrected chi connectivity index (χ1v) is 5.95. The fourth-order valence-corrected chi connectivity index (χ4v) is 1.84. The number of halogens is 1. The highest BCUT2D eigenvalue weighted by molar-refractivity contribution is 6.30. The molecule has 2 nitrogen and oxygen atoms in total. The van der Waals surface area contributed by atoms with Crippen molar-refractivity contribution >= 4 is 11.6 Å². The van der Waals surface area contributed by atoms with Crippen molar-refractivity contribution in [2.75, 3.05) is 0 Å². The molecule has 0 heterocycles. The first-order valence-electron chi connectivity index (χ1n) is 5.57. The van der Waals surface area contributed by atoms with Crippen molar-refractivity contribution in [3.63, 3.8) is 0 Å². The zero-order chi connectivity index (χ0) is 13.0. The van der Waals surface area contributed by atoms with E-state index in [4.69, 9.17) is 21.6 Å². The summed E-state index contributed by atoms with van der Waals surface area (Å²) in [5.74, 6) is 0.823. The van der Waals surface area contributed by atoms with Crippen molar-refractivity contribution in [3.8, 4) is 11.8 Å². The lowest BCUT2D eigenvalue weighted by Crippen LogP contribution is -1.96. The van der Waals surface area contributed by atoms with Crippen LogP contribution in [0.3, 0.4) is 0 Å². The number of aryl methyl sites for hydroxylation is 1. The minimum atomic E-state index is 0.480. The molecule has 0 aliphatic carbocycles. The van der Waals surface area contributed by atoms with Gasteiger partial charge in [-0.3, -0.25) is 0 Å². The van der Waals surface area contributed by atoms with E-state index in [2.05, 4.69) is 6.07 Å². The lowest BCUT2D eigenvalue weighted by atomic mass is 10.1. The number of hydrogen-bond donors (Lipinski definition) is 0. The summed E-state index contributed by atoms with van der Waals surface area (Å²) in [5.41, 5.74) is 2.70. The van der Waals surface area contributed by atoms with Crippen molar-refractivity contribution in [1.29, 1.82) is 5.26 Å². The third kappa shape index (κ3) is 3.03. The normalized spacial score (nSPS) is 9.83. The van der Waals surface area contributed by atoms with Gasteiger partial charge in [0, 0.05) is 5.02 Å². The van der Waals surface area contributed by atoms with E-state index in [1.165, 1.54) is 0 Å². The van der Waals surface area contributed by atoms with Gasteiger partial charge >= 0.3 is 0 Å². The monoisotopic (exact) mass is 257 g/mol. The zero-order valence-corrected chi connectivity index (χ0v) is 10.7. The second-order valence-electron chi connectivity index (χ2n) is 4.01. The molecule has 90 valence electrons. The summed E-state index contributed by atoms with van der Waals surface area (Å²) in [4.78, 5) is 0. The van der Waals surface area contributed by atoms with E-state index < -0.39 is 0 Å². The van der Waals surface area contributed by atoms with E-state index in [0.29, 0.717) is 17.2 Å². The van der Waals surface area contributed by atoms with Crippen LogP contribution in [0.25, 0.3) is 0 Å². The zero-order valence-electron chi connectivity index (χ0n) is 9.98. The fourth-order valence-electron chi connectivity index (χ4n) is 1.61. The third-order valence-corrected chi connectivity index (χ3v) is 2.85. The van der Waals surface area contributed by atoms with Crippen LogP contribution in [-0.2, 0) is 6.61 Å². The Morgan fingerprint density at radius 2 is 1.89 bits per heavy atom. The van der Waals surface area contributed by atoms with Crippen LogP contribution in [0.15, 0.2) is 42.5 Å². The standard InChI is InChI=1S/C15H12ClNO/c1-11-8-14(16)6-7-15(11)18-10-13-4-2-12(9-17)3-5-13/h2-8H,10H2,1H3. The van der Waals surface area contributed by atoms with E-state index in [0.717, 1.165) is 16.9 Å². The molecule has 0 aliphatic heterocycles. The summed E-state index contributed by atoms with van der Waals surface area (Å²) < 4.78 is 5.71. The second kappa shape index (κ2) is 5.57. The molecule has 0 radical (unpaired) electrons. The van der Waals surface area contributed by atoms with Crippen LogP contribution in [0.4, 0.5) is 0 Å². The first-order chi connectivity index (χ1) is 8.69. The average Bonchev–Trinajstić information content (AvgIpc) is 2.38. The van der Waals surface area contributed by atoms with Crippen LogP contribution in [-0.4, -0.2) is 0 Å². The summed E-state index contributed by atoms with van der Waals surface area (Å²) in [6.07, 6.45) is 0. The Balaban J connectivity index is 2.04. The van der Waals surface area contributed by atoms with Crippen molar-refractivity contribution in [2.24, 2.45) is 0 Å². The molecule has 0 unspecified atom stereocenters. The highest BCUT2D eigenvalue weighted by Crippen LogP contribution is 2.22. The molecular formula is C15H12ClNO. The molecule has 0 amide bonds. The van der Waals surface area contributed by atoms with Gasteiger partial charge < -0.3 is 4.74 Å². The molecule has 0 saturated carbocycles. The van der Waals surface area contributed by atoms with Gasteiger partial charge in [0.15, 0.2) is 0 Å². The molecule has 0 bridgehead atoms. The van der Waals surface area contributed by atoms with E-state index >= 15 is 0 Å². The van der Waals surface area contributed by atoms with Gasteiger partial charge in [-0.2, -0.15) is 5.26 Å². The van der Waals surface area contributed by atoms with Gasteiger partial charge in [0.2, 0.25) is 0 Å². The van der Waals surface area contributed by atoms with E-state index in [1.807, 2.05) is 37.3 Å². The van der Waals surface area contributed by atoms with E-state index in [-0.39, 0.29) is 0 Å². The lowest BCUT2D eigenvalue weighted by Gasteiger charge is -2.09. The maximum Gasteiger partial charge on any atom is 0.122 e. The summed E-state index contributed by atoms with van der Waals surface area (Å²) in [7, 11) is 0. The molecule has 2 aromatic carbocycles. The predicted octanol–water partition coefficient (Wildman–Crippen LogP) is 4.10. The van der Waals surface area contributed by atoms with Crippen LogP contribution in [0.5, 0.6) is 5.75 Å². The summed E-state index contributed by atoms with van der Waals surface area (Å²) >= 11 is 5.88. The van der Waals surface area contributed by atoms with Gasteiger partial charge in [0.05, 0.1) is 11.6 Å². The van der Waals surface area contributed by atoms with Gasteiger partial charge in [-0.05, 0) is 48.4 Å². The van der Waals surface area contributed by atoms with Crippen molar-refractivity contribution in [3.05, 3.63) is 64.2 Å². The Morgan fingerprint density at radius 1 is 1.17 bits per heavy atom. The Morgan fingerprint density at radius 3 is 2.50 bits per heavy atom. The minimum Gasteiger partial charge on any atom is -0.489 e. The van der Waals surface area contributed by atoms with E-state index in [9.17, 15) is 0 Å². The SMILES string of the molecule is Cc1cc(Cl)ccc1OCc1ccc(C#N)cc1. The van der Waals surface area contributed by atoms with Crippen molar-refractivity contribution < 1.29 is 4.74 Å². The fraction of sp³-hybridized carbons (Fsp3) is 0.133. The van der Waals surface area contributed by atoms with Crippen molar-refractivity contribution in [2.45, 2.75) is 13.5 Å². The Labute approximate surface area is 111 Å². The maximum atomic E-state index is 8.71. The summed E-state index contributed by atoms with van der Waals surface area (Å²) in [6.45, 7) is 2.44. The van der Waals surface area contributed by atoms with Gasteiger partial charge in [-0.15, -0.1) is 0 Å². The number of nitriles is 1. The molecule has 18 heavy (non-hydrogen) atoms. The largest absolute Gasteiger partial charge is 0.489 e. The van der Waals surface area contributed by atoms with Crippen LogP contribution in [0.2, 0.25) is 5.02 Å². The van der Waals surface area contributed by atoms with Crippen LogP contribution in [0.1, 0.15) is 16.7 Å². The molecule has 2 aromatic rings. The highest BCUT2D eigenvalue weighted by Gasteiger charge is 2.01. The van der Waals surface area contributed by atoms with E-state index in [1.54, 1.807) is 12.1 Å². The molecule has 0 aromatic heterocycles. The maximum absolute atomic E-state index is 8.71. The Bertz CT molecular complexity index is 584. The Kier molecular flexibility index (Phi) is 3.86. The van der Waals surface area contributed by atoms with Crippen LogP contribution < -0.4 is 4.74 Å². The molecule has 0 fully saturated rings. The average molecular weight is 258 g/mol. The summed E-state index contributed by atoms with van der Waals surface area (Å²) in [6, 6.07) is 15.0. The predicted molar refractivity (Wildman–Crippen MR) is 71.7 cm³/mol. The molecule has 0 saturated heterocycles. The highest BCUT2D eigenvalue weighted by atomic mass is 35.5. The molecular weight excluding hydrogens is 246 g/mol. The minimum absolute atomic E-state index is 0.480. The molecule has 2 rings (SSSR count). The van der Waals surface area contributed by atoms with Gasteiger partial charge in [-0.1, -0.05) is 23.7 Å². The lowest BCUT2D eigenvalue weighted by molar-refractivity contribution is 0.304. The second-order valence-corrected chi connectivity index (χ2v) is 4.44. The molecule has 3 heteroatoms. The van der Waals surface area contributed by atoms with Gasteiger partial charge in [0.1, 0.15) is 12.4 Å². The molecule has 0 atom stereocenters. The van der Waals surface area contributed by atoms with Crippen LogP contribution >= 0.6 is 11.6 Å².